The van der Waals surface area contributed by atoms with E-state index < -0.39 is 10.7 Å². The van der Waals surface area contributed by atoms with E-state index in [1.54, 1.807) is 0 Å². The van der Waals surface area contributed by atoms with Gasteiger partial charge in [0.25, 0.3) is 0 Å². The van der Waals surface area contributed by atoms with E-state index >= 15 is 0 Å². The first-order valence-electron chi connectivity index (χ1n) is 10.8. The third-order valence-electron chi connectivity index (χ3n) is 5.43. The highest BCUT2D eigenvalue weighted by Crippen LogP contribution is 2.33. The summed E-state index contributed by atoms with van der Waals surface area (Å²) in [6.07, 6.45) is 3.67. The summed E-state index contributed by atoms with van der Waals surface area (Å²) >= 11 is 0. The molecular weight excluding hydrogens is 412 g/mol. The summed E-state index contributed by atoms with van der Waals surface area (Å²) in [6, 6.07) is 11.9. The number of nitrogens with zero attached hydrogens (tertiary/aromatic N) is 2. The second kappa shape index (κ2) is 10.6. The fourth-order valence-electron chi connectivity index (χ4n) is 4.00. The Kier molecular flexibility index (Phi) is 7.85. The number of hydrogen-bond donors (Lipinski definition) is 1. The molecule has 6 nitrogen and oxygen atoms in total. The van der Waals surface area contributed by atoms with Gasteiger partial charge in [0.05, 0.1) is 23.6 Å². The number of aromatic nitrogens is 2. The predicted octanol–water partition coefficient (Wildman–Crippen LogP) is 4.26. The number of rotatable bonds is 10. The van der Waals surface area contributed by atoms with Gasteiger partial charge in [0.1, 0.15) is 10.7 Å². The van der Waals surface area contributed by atoms with Crippen LogP contribution in [0.2, 0.25) is 0 Å². The largest absolute Gasteiger partial charge is 0.466 e. The van der Waals surface area contributed by atoms with Crippen molar-refractivity contribution in [3.63, 3.8) is 0 Å². The van der Waals surface area contributed by atoms with Crippen molar-refractivity contribution >= 4 is 22.2 Å². The van der Waals surface area contributed by atoms with Crippen LogP contribution in [0.3, 0.4) is 0 Å². The minimum atomic E-state index is -2.49. The van der Waals surface area contributed by atoms with Gasteiger partial charge in [0.2, 0.25) is 0 Å². The molecule has 0 bridgehead atoms. The Bertz CT molecular complexity index is 1140. The van der Waals surface area contributed by atoms with Gasteiger partial charge >= 0.3 is 5.97 Å². The Morgan fingerprint density at radius 1 is 1.13 bits per heavy atom. The minimum absolute atomic E-state index is 0.0274. The van der Waals surface area contributed by atoms with Crippen LogP contribution in [0.5, 0.6) is 0 Å². The Balaban J connectivity index is 2.01. The molecule has 0 unspecified atom stereocenters. The lowest BCUT2D eigenvalue weighted by molar-refractivity contribution is -0.143. The van der Waals surface area contributed by atoms with E-state index in [0.29, 0.717) is 13.0 Å². The average Bonchev–Trinajstić information content (AvgIpc) is 3.13. The van der Waals surface area contributed by atoms with E-state index in [9.17, 15) is 13.2 Å². The summed E-state index contributed by atoms with van der Waals surface area (Å²) in [5, 5.41) is 4.83. The zero-order chi connectivity index (χ0) is 22.4. The zero-order valence-corrected chi connectivity index (χ0v) is 19.3. The molecule has 0 aliphatic carbocycles. The SMILES string of the molecule is CCOC(=O)CCCCc1c(C)nn2c(CC)ccc2c1-c1cccc(C[SH](=O)=O)c1. The monoisotopic (exact) mass is 442 g/mol. The van der Waals surface area contributed by atoms with Crippen molar-refractivity contribution in [1.29, 1.82) is 0 Å². The molecule has 2 aromatic heterocycles. The van der Waals surface area contributed by atoms with E-state index in [1.807, 2.05) is 42.6 Å². The molecule has 0 saturated heterocycles. The second-order valence-electron chi connectivity index (χ2n) is 7.62. The molecule has 0 atom stereocenters. The molecule has 0 aliphatic rings. The fourth-order valence-corrected chi connectivity index (χ4v) is 4.49. The molecule has 0 fully saturated rings. The number of benzene rings is 1. The van der Waals surface area contributed by atoms with Crippen molar-refractivity contribution < 1.29 is 17.9 Å². The van der Waals surface area contributed by atoms with Crippen molar-refractivity contribution in [1.82, 2.24) is 9.61 Å². The summed E-state index contributed by atoms with van der Waals surface area (Å²) < 4.78 is 29.5. The van der Waals surface area contributed by atoms with E-state index in [0.717, 1.165) is 64.8 Å². The number of ether oxygens (including phenoxy) is 1. The van der Waals surface area contributed by atoms with Gasteiger partial charge in [0.15, 0.2) is 0 Å². The van der Waals surface area contributed by atoms with Crippen LogP contribution in [0.1, 0.15) is 55.6 Å². The summed E-state index contributed by atoms with van der Waals surface area (Å²) in [4.78, 5) is 11.7. The third-order valence-corrected chi connectivity index (χ3v) is 6.05. The van der Waals surface area contributed by atoms with Gasteiger partial charge < -0.3 is 4.74 Å². The molecule has 0 amide bonds. The van der Waals surface area contributed by atoms with Crippen molar-refractivity contribution in [3.8, 4) is 11.1 Å². The molecule has 0 N–H and O–H groups in total. The molecule has 0 radical (unpaired) electrons. The number of aryl methyl sites for hydroxylation is 2. The molecule has 0 aliphatic heterocycles. The first-order valence-corrected chi connectivity index (χ1v) is 12.2. The van der Waals surface area contributed by atoms with Gasteiger partial charge in [-0.3, -0.25) is 4.79 Å². The molecule has 0 spiro atoms. The molecule has 31 heavy (non-hydrogen) atoms. The van der Waals surface area contributed by atoms with Crippen LogP contribution in [-0.2, 0) is 38.8 Å². The molecular formula is C24H30N2O4S. The van der Waals surface area contributed by atoms with Gasteiger partial charge in [-0.05, 0) is 68.4 Å². The number of thiol groups is 1. The quantitative estimate of drug-likeness (QED) is 0.288. The minimum Gasteiger partial charge on any atom is -0.466 e. The first-order chi connectivity index (χ1) is 14.9. The highest BCUT2D eigenvalue weighted by molar-refractivity contribution is 7.71. The van der Waals surface area contributed by atoms with Crippen LogP contribution >= 0.6 is 0 Å². The van der Waals surface area contributed by atoms with Crippen molar-refractivity contribution in [2.24, 2.45) is 0 Å². The number of esters is 1. The average molecular weight is 443 g/mol. The van der Waals surface area contributed by atoms with Gasteiger partial charge in [-0.25, -0.2) is 12.9 Å². The highest BCUT2D eigenvalue weighted by Gasteiger charge is 2.17. The van der Waals surface area contributed by atoms with E-state index in [1.165, 1.54) is 0 Å². The highest BCUT2D eigenvalue weighted by atomic mass is 32.2. The lowest BCUT2D eigenvalue weighted by Gasteiger charge is -2.16. The second-order valence-corrected chi connectivity index (χ2v) is 8.60. The number of unbranched alkanes of at least 4 members (excludes halogenated alkanes) is 1. The van der Waals surface area contributed by atoms with Gasteiger partial charge in [-0.15, -0.1) is 0 Å². The number of carbonyl (C=O) groups is 1. The Morgan fingerprint density at radius 2 is 1.94 bits per heavy atom. The lowest BCUT2D eigenvalue weighted by atomic mass is 9.94. The van der Waals surface area contributed by atoms with Gasteiger partial charge in [-0.2, -0.15) is 5.10 Å². The van der Waals surface area contributed by atoms with Crippen LogP contribution in [0.4, 0.5) is 0 Å². The maximum atomic E-state index is 11.7. The third kappa shape index (κ3) is 5.53. The maximum absolute atomic E-state index is 11.7. The molecule has 1 aromatic carbocycles. The van der Waals surface area contributed by atoms with Gasteiger partial charge in [0, 0.05) is 17.7 Å². The number of hydrogen-bond acceptors (Lipinski definition) is 5. The number of carbonyl (C=O) groups excluding carboxylic acids is 1. The smallest absolute Gasteiger partial charge is 0.305 e. The lowest BCUT2D eigenvalue weighted by Crippen LogP contribution is -2.07. The summed E-state index contributed by atoms with van der Waals surface area (Å²) in [7, 11) is -2.49. The molecule has 166 valence electrons. The van der Waals surface area contributed by atoms with Crippen LogP contribution in [0.15, 0.2) is 36.4 Å². The maximum Gasteiger partial charge on any atom is 0.305 e. The van der Waals surface area contributed by atoms with E-state index in [2.05, 4.69) is 19.1 Å². The summed E-state index contributed by atoms with van der Waals surface area (Å²) in [5.74, 6) is -0.133. The standard InChI is InChI=1S/C24H30N2O4S/c1-4-20-13-14-22-24(19-10-8-9-18(15-19)16-31(28)29)21(17(3)25-26(20)22)11-6-7-12-23(27)30-5-2/h8-10,13-15,31H,4-7,11-12,16H2,1-3H3. The molecule has 3 aromatic rings. The molecule has 7 heteroatoms. The first kappa shape index (κ1) is 23.0. The Hall–Kier alpha value is -2.67. The Labute approximate surface area is 185 Å². The van der Waals surface area contributed by atoms with Crippen molar-refractivity contribution in [2.75, 3.05) is 6.61 Å². The molecule has 0 saturated carbocycles. The van der Waals surface area contributed by atoms with Crippen molar-refractivity contribution in [2.45, 2.75) is 58.6 Å². The topological polar surface area (TPSA) is 77.7 Å². The Morgan fingerprint density at radius 3 is 2.65 bits per heavy atom. The van der Waals surface area contributed by atoms with Gasteiger partial charge in [-0.1, -0.05) is 31.2 Å². The van der Waals surface area contributed by atoms with Crippen LogP contribution < -0.4 is 0 Å². The molecule has 2 heterocycles. The summed E-state index contributed by atoms with van der Waals surface area (Å²) in [5.41, 5.74) is 7.10. The van der Waals surface area contributed by atoms with Crippen LogP contribution in [-0.4, -0.2) is 30.6 Å². The normalized spacial score (nSPS) is 11.4. The van der Waals surface area contributed by atoms with Crippen LogP contribution in [0.25, 0.3) is 16.6 Å². The zero-order valence-electron chi connectivity index (χ0n) is 18.4. The fraction of sp³-hybridized carbons (Fsp3) is 0.417. The van der Waals surface area contributed by atoms with E-state index in [-0.39, 0.29) is 11.7 Å². The van der Waals surface area contributed by atoms with Crippen LogP contribution in [0, 0.1) is 6.92 Å². The molecule has 3 rings (SSSR count). The number of fused-ring (bicyclic) bond motifs is 1. The van der Waals surface area contributed by atoms with Crippen molar-refractivity contribution in [3.05, 3.63) is 58.9 Å². The van der Waals surface area contributed by atoms with E-state index in [4.69, 9.17) is 9.84 Å². The summed E-state index contributed by atoms with van der Waals surface area (Å²) in [6.45, 7) is 6.34. The predicted molar refractivity (Wildman–Crippen MR) is 123 cm³/mol.